The third kappa shape index (κ3) is 1.52. The van der Waals surface area contributed by atoms with E-state index in [1.165, 1.54) is 25.7 Å². The molecule has 1 aliphatic heterocycles. The van der Waals surface area contributed by atoms with Gasteiger partial charge in [0, 0.05) is 0 Å². The Morgan fingerprint density at radius 1 is 1.08 bits per heavy atom. The van der Waals surface area contributed by atoms with Crippen LogP contribution in [-0.2, 0) is 4.74 Å². The van der Waals surface area contributed by atoms with Crippen molar-refractivity contribution in [1.29, 1.82) is 0 Å². The first-order valence-electron chi connectivity index (χ1n) is 5.16. The molecule has 1 saturated carbocycles. The molecule has 0 bridgehead atoms. The number of ether oxygens (including phenoxy) is 1. The van der Waals surface area contributed by atoms with Crippen molar-refractivity contribution in [2.75, 3.05) is 6.61 Å². The Labute approximate surface area is 75.5 Å². The smallest absolute Gasteiger partial charge is 0.0916 e. The van der Waals surface area contributed by atoms with Crippen LogP contribution >= 0.6 is 0 Å². The second-order valence-corrected chi connectivity index (χ2v) is 5.54. The first kappa shape index (κ1) is 8.55. The van der Waals surface area contributed by atoms with Gasteiger partial charge in [0.15, 0.2) is 0 Å². The van der Waals surface area contributed by atoms with Crippen LogP contribution in [0.5, 0.6) is 0 Å². The third-order valence-corrected chi connectivity index (χ3v) is 3.80. The van der Waals surface area contributed by atoms with Gasteiger partial charge in [-0.05, 0) is 43.9 Å². The zero-order chi connectivity index (χ0) is 8.82. The third-order valence-electron chi connectivity index (χ3n) is 3.80. The lowest BCUT2D eigenvalue weighted by atomic mass is 9.70. The van der Waals surface area contributed by atoms with E-state index in [4.69, 9.17) is 4.74 Å². The highest BCUT2D eigenvalue weighted by molar-refractivity contribution is 4.96. The first-order chi connectivity index (χ1) is 5.52. The van der Waals surface area contributed by atoms with Crippen molar-refractivity contribution in [1.82, 2.24) is 0 Å². The molecule has 0 aromatic heterocycles. The van der Waals surface area contributed by atoms with Gasteiger partial charge < -0.3 is 4.74 Å². The van der Waals surface area contributed by atoms with Crippen LogP contribution in [-0.4, -0.2) is 12.2 Å². The summed E-state index contributed by atoms with van der Waals surface area (Å²) in [5, 5.41) is 0. The van der Waals surface area contributed by atoms with Crippen LogP contribution < -0.4 is 0 Å². The van der Waals surface area contributed by atoms with Gasteiger partial charge in [0.05, 0.1) is 12.2 Å². The van der Waals surface area contributed by atoms with E-state index in [0.717, 1.165) is 12.5 Å². The van der Waals surface area contributed by atoms with Crippen molar-refractivity contribution in [2.45, 2.75) is 52.1 Å². The molecule has 0 radical (unpaired) electrons. The summed E-state index contributed by atoms with van der Waals surface area (Å²) >= 11 is 0. The Balaban J connectivity index is 1.90. The molecule has 0 amide bonds. The molecule has 1 saturated heterocycles. The van der Waals surface area contributed by atoms with Crippen molar-refractivity contribution < 1.29 is 4.74 Å². The minimum atomic E-state index is 0.288. The molecule has 12 heavy (non-hydrogen) atoms. The summed E-state index contributed by atoms with van der Waals surface area (Å²) in [4.78, 5) is 0. The van der Waals surface area contributed by atoms with E-state index in [1.807, 2.05) is 0 Å². The van der Waals surface area contributed by atoms with Crippen LogP contribution in [0.1, 0.15) is 46.5 Å². The fraction of sp³-hybridized carbons (Fsp3) is 1.00. The summed E-state index contributed by atoms with van der Waals surface area (Å²) in [7, 11) is 0. The average Bonchev–Trinajstić information content (AvgIpc) is 2.68. The number of hydrogen-bond donors (Lipinski definition) is 0. The standard InChI is InChI=1S/C11H20O/c1-10(2)6-4-9(5-7-10)11(3)8-12-11/h9H,4-8H2,1-3H3. The second-order valence-electron chi connectivity index (χ2n) is 5.54. The highest BCUT2D eigenvalue weighted by Gasteiger charge is 2.48. The normalized spacial score (nSPS) is 41.2. The maximum atomic E-state index is 5.50. The molecule has 2 aliphatic rings. The second kappa shape index (κ2) is 2.47. The maximum absolute atomic E-state index is 5.50. The number of hydrogen-bond acceptors (Lipinski definition) is 1. The van der Waals surface area contributed by atoms with Crippen molar-refractivity contribution in [3.8, 4) is 0 Å². The Kier molecular flexibility index (Phi) is 1.76. The maximum Gasteiger partial charge on any atom is 0.0916 e. The van der Waals surface area contributed by atoms with Gasteiger partial charge in [-0.2, -0.15) is 0 Å². The Hall–Kier alpha value is -0.0400. The number of rotatable bonds is 1. The molecule has 0 aromatic rings. The molecule has 2 fully saturated rings. The summed E-state index contributed by atoms with van der Waals surface area (Å²) in [6.07, 6.45) is 5.53. The van der Waals surface area contributed by atoms with E-state index in [-0.39, 0.29) is 5.60 Å². The van der Waals surface area contributed by atoms with E-state index in [1.54, 1.807) is 0 Å². The number of epoxide rings is 1. The van der Waals surface area contributed by atoms with E-state index in [2.05, 4.69) is 20.8 Å². The summed E-state index contributed by atoms with van der Waals surface area (Å²) < 4.78 is 5.50. The van der Waals surface area contributed by atoms with Crippen LogP contribution in [0.2, 0.25) is 0 Å². The summed E-state index contributed by atoms with van der Waals surface area (Å²) in [5.74, 6) is 0.852. The average molecular weight is 168 g/mol. The molecule has 0 aromatic carbocycles. The molecule has 0 spiro atoms. The molecule has 1 nitrogen and oxygen atoms in total. The molecule has 1 atom stereocenters. The Morgan fingerprint density at radius 3 is 2.00 bits per heavy atom. The molecule has 70 valence electrons. The lowest BCUT2D eigenvalue weighted by molar-refractivity contribution is 0.126. The molecule has 1 unspecified atom stereocenters. The lowest BCUT2D eigenvalue weighted by Crippen LogP contribution is -2.29. The van der Waals surface area contributed by atoms with E-state index in [9.17, 15) is 0 Å². The fourth-order valence-electron chi connectivity index (χ4n) is 2.36. The largest absolute Gasteiger partial charge is 0.370 e. The van der Waals surface area contributed by atoms with Crippen LogP contribution in [0, 0.1) is 11.3 Å². The molecule has 0 N–H and O–H groups in total. The van der Waals surface area contributed by atoms with Crippen LogP contribution in [0.3, 0.4) is 0 Å². The SMILES string of the molecule is CC1(C)CCC(C2(C)CO2)CC1. The van der Waals surface area contributed by atoms with Gasteiger partial charge in [0.25, 0.3) is 0 Å². The van der Waals surface area contributed by atoms with Crippen molar-refractivity contribution >= 4 is 0 Å². The Morgan fingerprint density at radius 2 is 1.58 bits per heavy atom. The van der Waals surface area contributed by atoms with Gasteiger partial charge in [-0.15, -0.1) is 0 Å². The van der Waals surface area contributed by atoms with Crippen molar-refractivity contribution in [3.05, 3.63) is 0 Å². The molecule has 2 rings (SSSR count). The van der Waals surface area contributed by atoms with Gasteiger partial charge >= 0.3 is 0 Å². The molecule has 1 heterocycles. The van der Waals surface area contributed by atoms with E-state index >= 15 is 0 Å². The highest BCUT2D eigenvalue weighted by Crippen LogP contribution is 2.47. The van der Waals surface area contributed by atoms with Gasteiger partial charge in [-0.1, -0.05) is 13.8 Å². The predicted molar refractivity (Wildman–Crippen MR) is 50.1 cm³/mol. The van der Waals surface area contributed by atoms with Crippen molar-refractivity contribution in [3.63, 3.8) is 0 Å². The Bertz CT molecular complexity index is 169. The molecular formula is C11H20O. The van der Waals surface area contributed by atoms with Gasteiger partial charge in [0.2, 0.25) is 0 Å². The minimum Gasteiger partial charge on any atom is -0.370 e. The zero-order valence-electron chi connectivity index (χ0n) is 8.52. The highest BCUT2D eigenvalue weighted by atomic mass is 16.6. The minimum absolute atomic E-state index is 0.288. The van der Waals surface area contributed by atoms with Crippen LogP contribution in [0.25, 0.3) is 0 Å². The molecule has 1 heteroatoms. The van der Waals surface area contributed by atoms with Crippen LogP contribution in [0.15, 0.2) is 0 Å². The van der Waals surface area contributed by atoms with Crippen molar-refractivity contribution in [2.24, 2.45) is 11.3 Å². The van der Waals surface area contributed by atoms with Gasteiger partial charge in [-0.3, -0.25) is 0 Å². The molecular weight excluding hydrogens is 148 g/mol. The summed E-state index contributed by atoms with van der Waals surface area (Å²) in [6, 6.07) is 0. The lowest BCUT2D eigenvalue weighted by Gasteiger charge is -2.35. The molecule has 1 aliphatic carbocycles. The quantitative estimate of drug-likeness (QED) is 0.548. The summed E-state index contributed by atoms with van der Waals surface area (Å²) in [6.45, 7) is 8.06. The zero-order valence-corrected chi connectivity index (χ0v) is 8.52. The van der Waals surface area contributed by atoms with Gasteiger partial charge in [-0.25, -0.2) is 0 Å². The predicted octanol–water partition coefficient (Wildman–Crippen LogP) is 2.99. The fourth-order valence-corrected chi connectivity index (χ4v) is 2.36. The monoisotopic (exact) mass is 168 g/mol. The van der Waals surface area contributed by atoms with E-state index in [0.29, 0.717) is 5.41 Å². The van der Waals surface area contributed by atoms with Gasteiger partial charge in [0.1, 0.15) is 0 Å². The van der Waals surface area contributed by atoms with E-state index < -0.39 is 0 Å². The first-order valence-corrected chi connectivity index (χ1v) is 5.16. The van der Waals surface area contributed by atoms with Crippen LogP contribution in [0.4, 0.5) is 0 Å². The topological polar surface area (TPSA) is 12.5 Å². The summed E-state index contributed by atoms with van der Waals surface area (Å²) in [5.41, 5.74) is 0.887.